The van der Waals surface area contributed by atoms with E-state index in [2.05, 4.69) is 31.8 Å². The number of fused-ring (bicyclic) bond motifs is 1. The van der Waals surface area contributed by atoms with E-state index in [0.717, 1.165) is 0 Å². The van der Waals surface area contributed by atoms with Crippen LogP contribution in [0.1, 0.15) is 17.5 Å². The predicted molar refractivity (Wildman–Crippen MR) is 102 cm³/mol. The van der Waals surface area contributed by atoms with Crippen molar-refractivity contribution >= 4 is 22.9 Å². The number of aliphatic imine (C=N–C) groups is 1. The lowest BCUT2D eigenvalue weighted by Gasteiger charge is -2.08. The number of rotatable bonds is 5. The molecule has 2 aromatic heterocycles. The average Bonchev–Trinajstić information content (AvgIpc) is 3.09. The molecule has 2 atom stereocenters. The number of nitrogens with zero attached hydrogens (tertiary/aromatic N) is 5. The van der Waals surface area contributed by atoms with E-state index in [-0.39, 0.29) is 24.1 Å². The number of hydrogen-bond acceptors (Lipinski definition) is 7. The molecule has 0 saturated heterocycles. The van der Waals surface area contributed by atoms with Crippen LogP contribution in [0.15, 0.2) is 41.7 Å². The molecule has 0 aliphatic heterocycles. The molecule has 0 fully saturated rings. The number of imidazole rings is 1. The van der Waals surface area contributed by atoms with Crippen molar-refractivity contribution < 1.29 is 15.3 Å². The van der Waals surface area contributed by atoms with Crippen molar-refractivity contribution in [1.82, 2.24) is 19.5 Å². The zero-order valence-electron chi connectivity index (χ0n) is 14.8. The van der Waals surface area contributed by atoms with Crippen LogP contribution in [0.4, 0.5) is 5.82 Å². The highest BCUT2D eigenvalue weighted by Crippen LogP contribution is 2.21. The SMILES string of the molecule is NC(N)=Nc1nc(C#CC(O)c2ccccc2)nc2c1ncn2CC(O)CO. The van der Waals surface area contributed by atoms with Crippen LogP contribution >= 0.6 is 0 Å². The van der Waals surface area contributed by atoms with Crippen LogP contribution in [-0.4, -0.2) is 53.5 Å². The summed E-state index contributed by atoms with van der Waals surface area (Å²) in [6.07, 6.45) is -0.582. The van der Waals surface area contributed by atoms with Gasteiger partial charge in [0.25, 0.3) is 0 Å². The molecule has 2 unspecified atom stereocenters. The van der Waals surface area contributed by atoms with Gasteiger partial charge in [0, 0.05) is 0 Å². The largest absolute Gasteiger partial charge is 0.394 e. The first kappa shape index (κ1) is 19.2. The van der Waals surface area contributed by atoms with Gasteiger partial charge in [-0.05, 0) is 11.5 Å². The first-order valence-corrected chi connectivity index (χ1v) is 8.34. The number of aliphatic hydroxyl groups is 3. The van der Waals surface area contributed by atoms with Gasteiger partial charge >= 0.3 is 0 Å². The Bertz CT molecular complexity index is 1050. The van der Waals surface area contributed by atoms with E-state index in [0.29, 0.717) is 16.7 Å². The number of aliphatic hydroxyl groups excluding tert-OH is 3. The van der Waals surface area contributed by atoms with Crippen molar-refractivity contribution in [2.75, 3.05) is 6.61 Å². The molecule has 0 aliphatic carbocycles. The monoisotopic (exact) mass is 381 g/mol. The number of aromatic nitrogens is 4. The maximum absolute atomic E-state index is 10.2. The molecule has 0 aliphatic rings. The minimum atomic E-state index is -1.02. The van der Waals surface area contributed by atoms with E-state index in [9.17, 15) is 10.2 Å². The van der Waals surface area contributed by atoms with Gasteiger partial charge in [-0.1, -0.05) is 36.3 Å². The second kappa shape index (κ2) is 8.45. The van der Waals surface area contributed by atoms with Gasteiger partial charge in [0.2, 0.25) is 5.82 Å². The first-order valence-electron chi connectivity index (χ1n) is 8.34. The average molecular weight is 381 g/mol. The molecular weight excluding hydrogens is 362 g/mol. The zero-order chi connectivity index (χ0) is 20.1. The van der Waals surface area contributed by atoms with Crippen molar-refractivity contribution in [3.63, 3.8) is 0 Å². The van der Waals surface area contributed by atoms with E-state index in [1.165, 1.54) is 10.9 Å². The van der Waals surface area contributed by atoms with E-state index in [1.807, 2.05) is 6.07 Å². The van der Waals surface area contributed by atoms with Gasteiger partial charge in [0.05, 0.1) is 25.6 Å². The normalized spacial score (nSPS) is 12.8. The summed E-state index contributed by atoms with van der Waals surface area (Å²) in [5, 5.41) is 29.0. The van der Waals surface area contributed by atoms with E-state index >= 15 is 0 Å². The maximum Gasteiger partial charge on any atom is 0.209 e. The third-order valence-corrected chi connectivity index (χ3v) is 3.73. The number of hydrogen-bond donors (Lipinski definition) is 5. The summed E-state index contributed by atoms with van der Waals surface area (Å²) < 4.78 is 1.53. The molecule has 0 bridgehead atoms. The molecule has 7 N–H and O–H groups in total. The number of benzene rings is 1. The fraction of sp³-hybridized carbons (Fsp3) is 0.222. The Morgan fingerprint density at radius 1 is 1.18 bits per heavy atom. The molecule has 0 spiro atoms. The molecule has 2 heterocycles. The summed E-state index contributed by atoms with van der Waals surface area (Å²) in [4.78, 5) is 16.6. The van der Waals surface area contributed by atoms with Crippen LogP contribution in [0.3, 0.4) is 0 Å². The van der Waals surface area contributed by atoms with Crippen molar-refractivity contribution in [2.45, 2.75) is 18.8 Å². The molecule has 0 amide bonds. The van der Waals surface area contributed by atoms with Crippen LogP contribution in [0.25, 0.3) is 11.2 Å². The second-order valence-electron chi connectivity index (χ2n) is 5.90. The Balaban J connectivity index is 2.04. The van der Waals surface area contributed by atoms with Crippen LogP contribution in [-0.2, 0) is 6.54 Å². The van der Waals surface area contributed by atoms with E-state index in [4.69, 9.17) is 16.6 Å². The van der Waals surface area contributed by atoms with Gasteiger partial charge in [0.1, 0.15) is 6.10 Å². The highest BCUT2D eigenvalue weighted by atomic mass is 16.3. The third kappa shape index (κ3) is 4.41. The number of nitrogens with two attached hydrogens (primary N) is 2. The van der Waals surface area contributed by atoms with Crippen LogP contribution in [0.5, 0.6) is 0 Å². The summed E-state index contributed by atoms with van der Waals surface area (Å²) in [5.74, 6) is 5.35. The van der Waals surface area contributed by atoms with Crippen molar-refractivity contribution in [3.05, 3.63) is 48.0 Å². The summed E-state index contributed by atoms with van der Waals surface area (Å²) in [5.41, 5.74) is 12.2. The minimum Gasteiger partial charge on any atom is -0.394 e. The molecule has 3 aromatic rings. The molecule has 144 valence electrons. The highest BCUT2D eigenvalue weighted by Gasteiger charge is 2.15. The Labute approximate surface area is 160 Å². The Morgan fingerprint density at radius 2 is 1.93 bits per heavy atom. The van der Waals surface area contributed by atoms with E-state index in [1.54, 1.807) is 24.3 Å². The Morgan fingerprint density at radius 3 is 2.61 bits per heavy atom. The topological polar surface area (TPSA) is 169 Å². The quantitative estimate of drug-likeness (QED) is 0.217. The van der Waals surface area contributed by atoms with Gasteiger partial charge < -0.3 is 31.4 Å². The summed E-state index contributed by atoms with van der Waals surface area (Å²) in [6, 6.07) is 8.93. The van der Waals surface area contributed by atoms with Gasteiger partial charge in [0.15, 0.2) is 22.9 Å². The van der Waals surface area contributed by atoms with Gasteiger partial charge in [-0.15, -0.1) is 0 Å². The summed E-state index contributed by atoms with van der Waals surface area (Å²) >= 11 is 0. The van der Waals surface area contributed by atoms with Crippen molar-refractivity contribution in [1.29, 1.82) is 0 Å². The molecule has 0 saturated carbocycles. The van der Waals surface area contributed by atoms with Gasteiger partial charge in [-0.3, -0.25) is 0 Å². The summed E-state index contributed by atoms with van der Waals surface area (Å²) in [7, 11) is 0. The lowest BCUT2D eigenvalue weighted by Crippen LogP contribution is -2.22. The zero-order valence-corrected chi connectivity index (χ0v) is 14.8. The third-order valence-electron chi connectivity index (χ3n) is 3.73. The molecule has 28 heavy (non-hydrogen) atoms. The molecule has 0 radical (unpaired) electrons. The lowest BCUT2D eigenvalue weighted by molar-refractivity contribution is 0.0820. The Kier molecular flexibility index (Phi) is 5.81. The molecule has 10 heteroatoms. The van der Waals surface area contributed by atoms with Crippen LogP contribution < -0.4 is 11.5 Å². The van der Waals surface area contributed by atoms with Crippen molar-refractivity contribution in [3.8, 4) is 11.8 Å². The number of guanidine groups is 1. The second-order valence-corrected chi connectivity index (χ2v) is 5.90. The van der Waals surface area contributed by atoms with Gasteiger partial charge in [-0.2, -0.15) is 9.98 Å². The van der Waals surface area contributed by atoms with Crippen molar-refractivity contribution in [2.24, 2.45) is 16.5 Å². The highest BCUT2D eigenvalue weighted by molar-refractivity contribution is 5.87. The fourth-order valence-corrected chi connectivity index (χ4v) is 2.46. The Hall–Kier alpha value is -3.52. The predicted octanol–water partition coefficient (Wildman–Crippen LogP) is -0.831. The van der Waals surface area contributed by atoms with Gasteiger partial charge in [-0.25, -0.2) is 9.97 Å². The standard InChI is InChI=1S/C18H19N7O3/c19-18(20)24-16-15-17(25(10-21-15)8-12(27)9-26)23-14(22-16)7-6-13(28)11-4-2-1-3-5-11/h1-5,10,12-13,26-28H,8-9H2,(H4,19,20,22,23,24). The fourth-order valence-electron chi connectivity index (χ4n) is 2.46. The minimum absolute atomic E-state index is 0.0603. The molecule has 10 nitrogen and oxygen atoms in total. The first-order chi connectivity index (χ1) is 13.5. The lowest BCUT2D eigenvalue weighted by atomic mass is 10.1. The van der Waals surface area contributed by atoms with E-state index < -0.39 is 18.8 Å². The van der Waals surface area contributed by atoms with Crippen LogP contribution in [0, 0.1) is 11.8 Å². The molecular formula is C18H19N7O3. The summed E-state index contributed by atoms with van der Waals surface area (Å²) in [6.45, 7) is -0.355. The molecule has 1 aromatic carbocycles. The maximum atomic E-state index is 10.2. The van der Waals surface area contributed by atoms with Crippen LogP contribution in [0.2, 0.25) is 0 Å². The molecule has 3 rings (SSSR count). The smallest absolute Gasteiger partial charge is 0.209 e.